The van der Waals surface area contributed by atoms with Crippen LogP contribution in [0, 0.1) is 5.92 Å². The highest BCUT2D eigenvalue weighted by Crippen LogP contribution is 2.27. The van der Waals surface area contributed by atoms with E-state index in [2.05, 4.69) is 10.6 Å². The van der Waals surface area contributed by atoms with E-state index in [0.29, 0.717) is 6.54 Å². The molecule has 1 amide bonds. The first-order valence-corrected chi connectivity index (χ1v) is 6.30. The van der Waals surface area contributed by atoms with Crippen LogP contribution in [0.5, 0.6) is 0 Å². The zero-order valence-corrected chi connectivity index (χ0v) is 10.3. The molecule has 0 spiro atoms. The third-order valence-electron chi connectivity index (χ3n) is 3.09. The fraction of sp³-hybridized carbons (Fsp3) is 0.500. The van der Waals surface area contributed by atoms with E-state index in [0.717, 1.165) is 18.0 Å². The van der Waals surface area contributed by atoms with Crippen molar-refractivity contribution in [1.29, 1.82) is 0 Å². The molecule has 2 rings (SSSR count). The molecule has 0 aromatic heterocycles. The van der Waals surface area contributed by atoms with Gasteiger partial charge in [-0.1, -0.05) is 30.3 Å². The van der Waals surface area contributed by atoms with Crippen LogP contribution in [0.2, 0.25) is 0 Å². The van der Waals surface area contributed by atoms with Gasteiger partial charge in [-0.25, -0.2) is 0 Å². The molecule has 1 aliphatic carbocycles. The largest absolute Gasteiger partial charge is 0.348 e. The van der Waals surface area contributed by atoms with Crippen LogP contribution in [-0.4, -0.2) is 19.0 Å². The predicted octanol–water partition coefficient (Wildman–Crippen LogP) is 1.86. The van der Waals surface area contributed by atoms with Crippen molar-refractivity contribution in [2.45, 2.75) is 25.8 Å². The van der Waals surface area contributed by atoms with Gasteiger partial charge in [0, 0.05) is 0 Å². The van der Waals surface area contributed by atoms with E-state index in [-0.39, 0.29) is 11.9 Å². The lowest BCUT2D eigenvalue weighted by atomic mass is 10.1. The molecule has 0 aliphatic heterocycles. The topological polar surface area (TPSA) is 41.1 Å². The monoisotopic (exact) mass is 232 g/mol. The number of rotatable bonds is 6. The molecule has 17 heavy (non-hydrogen) atoms. The maximum atomic E-state index is 11.7. The molecular weight excluding hydrogens is 212 g/mol. The summed E-state index contributed by atoms with van der Waals surface area (Å²) in [5.74, 6) is 0.886. The van der Waals surface area contributed by atoms with Crippen molar-refractivity contribution in [3.05, 3.63) is 35.9 Å². The van der Waals surface area contributed by atoms with Gasteiger partial charge in [0.2, 0.25) is 5.91 Å². The van der Waals surface area contributed by atoms with Gasteiger partial charge in [-0.2, -0.15) is 0 Å². The Bertz CT molecular complexity index is 360. The zero-order chi connectivity index (χ0) is 12.1. The Hall–Kier alpha value is -1.35. The maximum absolute atomic E-state index is 11.7. The number of carbonyl (C=O) groups is 1. The van der Waals surface area contributed by atoms with E-state index in [4.69, 9.17) is 0 Å². The SMILES string of the molecule is CC(NC(=O)CNCC1CC1)c1ccccc1. The predicted molar refractivity (Wildman–Crippen MR) is 68.6 cm³/mol. The Morgan fingerprint density at radius 3 is 2.71 bits per heavy atom. The molecule has 3 heteroatoms. The van der Waals surface area contributed by atoms with Crippen LogP contribution in [0.4, 0.5) is 0 Å². The zero-order valence-electron chi connectivity index (χ0n) is 10.3. The third kappa shape index (κ3) is 4.19. The summed E-state index contributed by atoms with van der Waals surface area (Å²) in [6.07, 6.45) is 2.63. The van der Waals surface area contributed by atoms with Crippen LogP contribution in [0.25, 0.3) is 0 Å². The van der Waals surface area contributed by atoms with E-state index < -0.39 is 0 Å². The number of hydrogen-bond acceptors (Lipinski definition) is 2. The van der Waals surface area contributed by atoms with E-state index in [9.17, 15) is 4.79 Å². The summed E-state index contributed by atoms with van der Waals surface area (Å²) in [6, 6.07) is 10.1. The molecule has 0 radical (unpaired) electrons. The number of nitrogens with one attached hydrogen (secondary N) is 2. The van der Waals surface area contributed by atoms with Gasteiger partial charge in [0.15, 0.2) is 0 Å². The van der Waals surface area contributed by atoms with Crippen LogP contribution >= 0.6 is 0 Å². The average molecular weight is 232 g/mol. The Morgan fingerprint density at radius 2 is 2.06 bits per heavy atom. The molecule has 1 unspecified atom stereocenters. The van der Waals surface area contributed by atoms with Gasteiger partial charge in [0.25, 0.3) is 0 Å². The van der Waals surface area contributed by atoms with Crippen molar-refractivity contribution in [2.75, 3.05) is 13.1 Å². The fourth-order valence-electron chi connectivity index (χ4n) is 1.83. The molecule has 92 valence electrons. The Kier molecular flexibility index (Phi) is 4.15. The average Bonchev–Trinajstić information content (AvgIpc) is 3.14. The maximum Gasteiger partial charge on any atom is 0.234 e. The first-order valence-electron chi connectivity index (χ1n) is 6.30. The molecule has 2 N–H and O–H groups in total. The summed E-state index contributed by atoms with van der Waals surface area (Å²) >= 11 is 0. The van der Waals surface area contributed by atoms with Gasteiger partial charge in [-0.15, -0.1) is 0 Å². The Morgan fingerprint density at radius 1 is 1.35 bits per heavy atom. The Balaban J connectivity index is 1.69. The van der Waals surface area contributed by atoms with Crippen molar-refractivity contribution < 1.29 is 4.79 Å². The molecule has 0 bridgehead atoms. The molecule has 1 aliphatic rings. The Labute approximate surface area is 103 Å². The fourth-order valence-corrected chi connectivity index (χ4v) is 1.83. The van der Waals surface area contributed by atoms with Gasteiger partial charge in [0.1, 0.15) is 0 Å². The second kappa shape index (κ2) is 5.82. The first-order chi connectivity index (χ1) is 8.25. The summed E-state index contributed by atoms with van der Waals surface area (Å²) in [5.41, 5.74) is 1.14. The van der Waals surface area contributed by atoms with Crippen LogP contribution in [0.3, 0.4) is 0 Å². The minimum absolute atomic E-state index is 0.0713. The summed E-state index contributed by atoms with van der Waals surface area (Å²) in [5, 5.41) is 6.18. The summed E-state index contributed by atoms with van der Waals surface area (Å²) < 4.78 is 0. The lowest BCUT2D eigenvalue weighted by molar-refractivity contribution is -0.120. The molecule has 1 atom stereocenters. The molecule has 1 aromatic carbocycles. The number of amides is 1. The number of hydrogen-bond donors (Lipinski definition) is 2. The molecule has 3 nitrogen and oxygen atoms in total. The van der Waals surface area contributed by atoms with Gasteiger partial charge in [-0.3, -0.25) is 4.79 Å². The van der Waals surface area contributed by atoms with Crippen molar-refractivity contribution in [3.8, 4) is 0 Å². The third-order valence-corrected chi connectivity index (χ3v) is 3.09. The number of benzene rings is 1. The van der Waals surface area contributed by atoms with Crippen LogP contribution < -0.4 is 10.6 Å². The molecule has 1 aromatic rings. The standard InChI is InChI=1S/C14H20N2O/c1-11(13-5-3-2-4-6-13)16-14(17)10-15-9-12-7-8-12/h2-6,11-12,15H,7-10H2,1H3,(H,16,17). The first kappa shape index (κ1) is 12.1. The van der Waals surface area contributed by atoms with E-state index >= 15 is 0 Å². The van der Waals surface area contributed by atoms with E-state index in [1.165, 1.54) is 12.8 Å². The molecule has 1 saturated carbocycles. The quantitative estimate of drug-likeness (QED) is 0.786. The molecular formula is C14H20N2O. The molecule has 0 heterocycles. The summed E-state index contributed by atoms with van der Waals surface area (Å²) in [4.78, 5) is 11.7. The minimum atomic E-state index is 0.0713. The van der Waals surface area contributed by atoms with Crippen molar-refractivity contribution in [3.63, 3.8) is 0 Å². The highest BCUT2D eigenvalue weighted by molar-refractivity contribution is 5.78. The van der Waals surface area contributed by atoms with Gasteiger partial charge < -0.3 is 10.6 Å². The van der Waals surface area contributed by atoms with Crippen LogP contribution in [0.1, 0.15) is 31.4 Å². The minimum Gasteiger partial charge on any atom is -0.348 e. The van der Waals surface area contributed by atoms with Crippen LogP contribution in [-0.2, 0) is 4.79 Å². The summed E-state index contributed by atoms with van der Waals surface area (Å²) in [7, 11) is 0. The molecule has 1 fully saturated rings. The van der Waals surface area contributed by atoms with Crippen molar-refractivity contribution >= 4 is 5.91 Å². The number of carbonyl (C=O) groups excluding carboxylic acids is 1. The summed E-state index contributed by atoms with van der Waals surface area (Å²) in [6.45, 7) is 3.41. The second-order valence-electron chi connectivity index (χ2n) is 4.77. The van der Waals surface area contributed by atoms with Gasteiger partial charge >= 0.3 is 0 Å². The van der Waals surface area contributed by atoms with E-state index in [1.54, 1.807) is 0 Å². The highest BCUT2D eigenvalue weighted by Gasteiger charge is 2.20. The van der Waals surface area contributed by atoms with Crippen molar-refractivity contribution in [2.24, 2.45) is 5.92 Å². The molecule has 0 saturated heterocycles. The lowest BCUT2D eigenvalue weighted by Gasteiger charge is -2.14. The smallest absolute Gasteiger partial charge is 0.234 e. The van der Waals surface area contributed by atoms with Gasteiger partial charge in [-0.05, 0) is 37.8 Å². The van der Waals surface area contributed by atoms with Gasteiger partial charge in [0.05, 0.1) is 12.6 Å². The van der Waals surface area contributed by atoms with Crippen LogP contribution in [0.15, 0.2) is 30.3 Å². The second-order valence-corrected chi connectivity index (χ2v) is 4.77. The van der Waals surface area contributed by atoms with E-state index in [1.807, 2.05) is 37.3 Å². The van der Waals surface area contributed by atoms with Crippen molar-refractivity contribution in [1.82, 2.24) is 10.6 Å². The lowest BCUT2D eigenvalue weighted by Crippen LogP contribution is -2.36. The normalized spacial score (nSPS) is 16.5. The highest BCUT2D eigenvalue weighted by atomic mass is 16.1.